The van der Waals surface area contributed by atoms with Crippen LogP contribution in [0.2, 0.25) is 50.4 Å². The van der Waals surface area contributed by atoms with E-state index in [4.69, 9.17) is 17.7 Å². The van der Waals surface area contributed by atoms with Crippen LogP contribution in [-0.4, -0.2) is 77.8 Å². The maximum atomic E-state index is 10.6. The fourth-order valence-corrected chi connectivity index (χ4v) is 19.5. The standard InChI is InChI=1S/C22H46O8Si4/c1-31(2,11-9-17-5-7-19-21(15-17)27-19)29-33(23,24)13-14-34(25,26)30-32(3,4)12-10-18-6-8-20-22(16-18)28-20/h17-26H,5-16H2,1-4H3. The summed E-state index contributed by atoms with van der Waals surface area (Å²) in [5.74, 6) is 1.27. The first kappa shape index (κ1) is 27.6. The van der Waals surface area contributed by atoms with Gasteiger partial charge < -0.3 is 36.9 Å². The Morgan fingerprint density at radius 2 is 0.971 bits per heavy atom. The zero-order valence-corrected chi connectivity index (χ0v) is 25.4. The summed E-state index contributed by atoms with van der Waals surface area (Å²) in [6, 6.07) is 1.49. The molecule has 2 saturated heterocycles. The lowest BCUT2D eigenvalue weighted by Crippen LogP contribution is -2.53. The van der Waals surface area contributed by atoms with E-state index in [1.807, 2.05) is 26.2 Å². The number of ether oxygens (including phenoxy) is 2. The molecule has 2 saturated carbocycles. The van der Waals surface area contributed by atoms with Gasteiger partial charge >= 0.3 is 17.6 Å². The average molecular weight is 551 g/mol. The Kier molecular flexibility index (Phi) is 8.41. The fraction of sp³-hybridized carbons (Fsp3) is 1.00. The molecule has 0 aromatic rings. The molecule has 0 radical (unpaired) electrons. The zero-order chi connectivity index (χ0) is 24.8. The van der Waals surface area contributed by atoms with Crippen LogP contribution < -0.4 is 0 Å². The first-order valence-electron chi connectivity index (χ1n) is 13.3. The van der Waals surface area contributed by atoms with Gasteiger partial charge in [0.2, 0.25) is 0 Å². The van der Waals surface area contributed by atoms with Crippen molar-refractivity contribution in [2.45, 2.75) is 126 Å². The van der Waals surface area contributed by atoms with Crippen LogP contribution >= 0.6 is 0 Å². The van der Waals surface area contributed by atoms with Crippen LogP contribution in [0.5, 0.6) is 0 Å². The highest BCUT2D eigenvalue weighted by molar-refractivity contribution is 6.82. The molecule has 0 amide bonds. The lowest BCUT2D eigenvalue weighted by molar-refractivity contribution is 0.214. The Hall–Kier alpha value is 0.548. The van der Waals surface area contributed by atoms with Crippen LogP contribution in [0.3, 0.4) is 0 Å². The van der Waals surface area contributed by atoms with Gasteiger partial charge in [-0.3, -0.25) is 0 Å². The van der Waals surface area contributed by atoms with E-state index in [0.29, 0.717) is 36.3 Å². The molecule has 2 aliphatic heterocycles. The van der Waals surface area contributed by atoms with Gasteiger partial charge in [0, 0.05) is 12.1 Å². The number of hydrogen-bond acceptors (Lipinski definition) is 8. The van der Waals surface area contributed by atoms with E-state index in [1.54, 1.807) is 0 Å². The van der Waals surface area contributed by atoms with Crippen molar-refractivity contribution in [3.05, 3.63) is 0 Å². The molecule has 12 heteroatoms. The van der Waals surface area contributed by atoms with Crippen molar-refractivity contribution in [3.63, 3.8) is 0 Å². The highest BCUT2D eigenvalue weighted by Gasteiger charge is 2.48. The predicted molar refractivity (Wildman–Crippen MR) is 138 cm³/mol. The summed E-state index contributed by atoms with van der Waals surface area (Å²) in [5, 5.41) is 0. The second-order valence-corrected chi connectivity index (χ2v) is 26.2. The highest BCUT2D eigenvalue weighted by atomic mass is 28.5. The molecule has 6 atom stereocenters. The van der Waals surface area contributed by atoms with E-state index in [2.05, 4.69) is 0 Å². The van der Waals surface area contributed by atoms with Crippen molar-refractivity contribution in [2.75, 3.05) is 0 Å². The van der Waals surface area contributed by atoms with Gasteiger partial charge in [-0.25, -0.2) is 0 Å². The molecule has 4 aliphatic rings. The van der Waals surface area contributed by atoms with Gasteiger partial charge in [0.1, 0.15) is 0 Å². The Morgan fingerprint density at radius 1 is 0.588 bits per heavy atom. The summed E-state index contributed by atoms with van der Waals surface area (Å²) in [6.45, 7) is 8.09. The normalized spacial score (nSPS) is 33.9. The third-order valence-corrected chi connectivity index (χ3v) is 20.5. The van der Waals surface area contributed by atoms with E-state index in [0.717, 1.165) is 50.6 Å². The lowest BCUT2D eigenvalue weighted by atomic mass is 9.88. The molecule has 2 heterocycles. The molecule has 0 spiro atoms. The van der Waals surface area contributed by atoms with Gasteiger partial charge in [-0.2, -0.15) is 0 Å². The summed E-state index contributed by atoms with van der Waals surface area (Å²) in [6.07, 6.45) is 10.9. The van der Waals surface area contributed by atoms with Crippen LogP contribution in [0.15, 0.2) is 0 Å². The molecule has 4 N–H and O–H groups in total. The minimum atomic E-state index is -3.99. The SMILES string of the molecule is C[Si](C)(CCC1CCC2OC2C1)O[Si](O)(O)CC[Si](O)(O)O[Si](C)(C)CCC1CCC2OC2C1. The van der Waals surface area contributed by atoms with Crippen LogP contribution in [0.4, 0.5) is 0 Å². The van der Waals surface area contributed by atoms with Gasteiger partial charge in [0.15, 0.2) is 16.6 Å². The monoisotopic (exact) mass is 550 g/mol. The molecule has 2 aliphatic carbocycles. The minimum absolute atomic E-state index is 0.128. The first-order valence-corrected chi connectivity index (χ1v) is 23.6. The van der Waals surface area contributed by atoms with E-state index < -0.39 is 34.2 Å². The Morgan fingerprint density at radius 3 is 1.32 bits per heavy atom. The lowest BCUT2D eigenvalue weighted by Gasteiger charge is -2.34. The molecular weight excluding hydrogens is 505 g/mol. The van der Waals surface area contributed by atoms with E-state index in [-0.39, 0.29) is 12.1 Å². The Balaban J connectivity index is 1.16. The third-order valence-electron chi connectivity index (χ3n) is 8.19. The van der Waals surface area contributed by atoms with Crippen molar-refractivity contribution < 1.29 is 36.9 Å². The van der Waals surface area contributed by atoms with Crippen molar-refractivity contribution in [3.8, 4) is 0 Å². The summed E-state index contributed by atoms with van der Waals surface area (Å²) >= 11 is 0. The molecular formula is C22H46O8Si4. The maximum Gasteiger partial charge on any atom is 0.484 e. The molecule has 0 aromatic carbocycles. The molecule has 4 rings (SSSR count). The second kappa shape index (κ2) is 10.4. The van der Waals surface area contributed by atoms with Crippen LogP contribution in [0, 0.1) is 11.8 Å². The summed E-state index contributed by atoms with van der Waals surface area (Å²) in [7, 11) is -12.5. The summed E-state index contributed by atoms with van der Waals surface area (Å²) in [4.78, 5) is 42.5. The van der Waals surface area contributed by atoms with Crippen molar-refractivity contribution in [1.82, 2.24) is 0 Å². The molecule has 0 aromatic heterocycles. The molecule has 8 nitrogen and oxygen atoms in total. The number of epoxide rings is 2. The fourth-order valence-electron chi connectivity index (χ4n) is 6.02. The topological polar surface area (TPSA) is 124 Å². The second-order valence-electron chi connectivity index (χ2n) is 12.6. The number of fused-ring (bicyclic) bond motifs is 2. The first-order chi connectivity index (χ1) is 15.7. The number of hydrogen-bond donors (Lipinski definition) is 4. The number of rotatable bonds is 13. The Bertz CT molecular complexity index is 648. The van der Waals surface area contributed by atoms with E-state index in [1.165, 1.54) is 12.8 Å². The quantitative estimate of drug-likeness (QED) is 0.204. The van der Waals surface area contributed by atoms with Crippen molar-refractivity contribution in [1.29, 1.82) is 0 Å². The van der Waals surface area contributed by atoms with Gasteiger partial charge in [-0.05, 0) is 88.6 Å². The van der Waals surface area contributed by atoms with Gasteiger partial charge in [0.25, 0.3) is 0 Å². The van der Waals surface area contributed by atoms with Gasteiger partial charge in [0.05, 0.1) is 24.4 Å². The molecule has 6 unspecified atom stereocenters. The molecule has 198 valence electrons. The highest BCUT2D eigenvalue weighted by Crippen LogP contribution is 2.43. The summed E-state index contributed by atoms with van der Waals surface area (Å²) in [5.41, 5.74) is 0. The van der Waals surface area contributed by atoms with Crippen LogP contribution in [0.25, 0.3) is 0 Å². The maximum absolute atomic E-state index is 10.6. The van der Waals surface area contributed by atoms with Gasteiger partial charge in [-0.15, -0.1) is 0 Å². The Labute approximate surface area is 209 Å². The van der Waals surface area contributed by atoms with Crippen LogP contribution in [-0.2, 0) is 17.7 Å². The van der Waals surface area contributed by atoms with E-state index >= 15 is 0 Å². The largest absolute Gasteiger partial charge is 0.484 e. The van der Waals surface area contributed by atoms with Crippen LogP contribution in [0.1, 0.15) is 51.4 Å². The van der Waals surface area contributed by atoms with Gasteiger partial charge in [-0.1, -0.05) is 12.8 Å². The molecule has 4 fully saturated rings. The predicted octanol–water partition coefficient (Wildman–Crippen LogP) is 3.19. The summed E-state index contributed by atoms with van der Waals surface area (Å²) < 4.78 is 23.1. The smallest absolute Gasteiger partial charge is 0.416 e. The molecule has 34 heavy (non-hydrogen) atoms. The third kappa shape index (κ3) is 8.55. The zero-order valence-electron chi connectivity index (χ0n) is 21.4. The van der Waals surface area contributed by atoms with Crippen molar-refractivity contribution >= 4 is 34.2 Å². The minimum Gasteiger partial charge on any atom is -0.416 e. The average Bonchev–Trinajstić information content (AvgIpc) is 3.62. The molecule has 0 bridgehead atoms. The van der Waals surface area contributed by atoms with E-state index in [9.17, 15) is 19.2 Å². The van der Waals surface area contributed by atoms with Crippen molar-refractivity contribution in [2.24, 2.45) is 11.8 Å².